The average molecular weight is 562 g/mol. The Morgan fingerprint density at radius 2 is 1.93 bits per heavy atom. The number of nitrogens with two attached hydrogens (primary N) is 2. The highest BCUT2D eigenvalue weighted by molar-refractivity contribution is 7.13. The van der Waals surface area contributed by atoms with Gasteiger partial charge in [0, 0.05) is 61.5 Å². The third-order valence-electron chi connectivity index (χ3n) is 7.36. The summed E-state index contributed by atoms with van der Waals surface area (Å²) in [6, 6.07) is 12.7. The van der Waals surface area contributed by atoms with Crippen LogP contribution in [0.1, 0.15) is 35.2 Å². The summed E-state index contributed by atoms with van der Waals surface area (Å²) in [4.78, 5) is 28.3. The molecule has 0 saturated carbocycles. The maximum absolute atomic E-state index is 14.8. The Morgan fingerprint density at radius 3 is 2.55 bits per heavy atom. The number of nitrogen functional groups attached to an aromatic ring is 1. The zero-order valence-corrected chi connectivity index (χ0v) is 23.1. The Hall–Kier alpha value is -3.77. The van der Waals surface area contributed by atoms with Crippen molar-refractivity contribution < 1.29 is 9.50 Å². The molecule has 9 nitrogen and oxygen atoms in total. The first-order valence-corrected chi connectivity index (χ1v) is 13.9. The van der Waals surface area contributed by atoms with Crippen LogP contribution in [0.4, 0.5) is 10.1 Å². The van der Waals surface area contributed by atoms with Gasteiger partial charge in [-0.1, -0.05) is 36.4 Å². The van der Waals surface area contributed by atoms with Crippen molar-refractivity contribution in [3.8, 4) is 10.6 Å². The maximum Gasteiger partial charge on any atom is 0.277 e. The number of hydrogen-bond donors (Lipinski definition) is 3. The Bertz CT molecular complexity index is 1560. The minimum atomic E-state index is -1.11. The summed E-state index contributed by atoms with van der Waals surface area (Å²) in [5.41, 5.74) is 14.3. The van der Waals surface area contributed by atoms with Crippen molar-refractivity contribution in [2.75, 3.05) is 25.9 Å². The quantitative estimate of drug-likeness (QED) is 0.281. The second-order valence-corrected chi connectivity index (χ2v) is 11.0. The third-order valence-corrected chi connectivity index (χ3v) is 8.18. The van der Waals surface area contributed by atoms with Gasteiger partial charge in [0.05, 0.1) is 24.2 Å². The van der Waals surface area contributed by atoms with Crippen LogP contribution in [-0.4, -0.2) is 56.0 Å². The minimum Gasteiger partial charge on any atom is -0.392 e. The Morgan fingerprint density at radius 1 is 1.18 bits per heavy atom. The molecule has 1 aliphatic heterocycles. The van der Waals surface area contributed by atoms with E-state index < -0.39 is 11.2 Å². The lowest BCUT2D eigenvalue weighted by atomic mass is 9.91. The van der Waals surface area contributed by atoms with E-state index in [1.165, 1.54) is 28.3 Å². The molecule has 2 aromatic carbocycles. The van der Waals surface area contributed by atoms with Crippen LogP contribution in [0.2, 0.25) is 0 Å². The van der Waals surface area contributed by atoms with E-state index >= 15 is 0 Å². The largest absolute Gasteiger partial charge is 0.392 e. The van der Waals surface area contributed by atoms with Gasteiger partial charge < -0.3 is 16.6 Å². The van der Waals surface area contributed by atoms with Crippen LogP contribution in [-0.2, 0) is 19.6 Å². The van der Waals surface area contributed by atoms with Crippen molar-refractivity contribution in [2.45, 2.75) is 38.1 Å². The molecule has 5 rings (SSSR count). The Labute approximate surface area is 235 Å². The Kier molecular flexibility index (Phi) is 8.17. The predicted octanol–water partition coefficient (Wildman–Crippen LogP) is 3.04. The summed E-state index contributed by atoms with van der Waals surface area (Å²) >= 11 is 1.47. The minimum absolute atomic E-state index is 0.0243. The van der Waals surface area contributed by atoms with Gasteiger partial charge in [0.1, 0.15) is 22.2 Å². The molecular weight excluding hydrogens is 529 g/mol. The fraction of sp³-hybridized carbons (Fsp3) is 0.310. The fourth-order valence-corrected chi connectivity index (χ4v) is 5.63. The van der Waals surface area contributed by atoms with Gasteiger partial charge in [-0.25, -0.2) is 14.4 Å². The molecule has 0 aliphatic carbocycles. The first-order valence-electron chi connectivity index (χ1n) is 13.0. The van der Waals surface area contributed by atoms with E-state index in [1.807, 2.05) is 35.7 Å². The highest BCUT2D eigenvalue weighted by atomic mass is 32.1. The molecule has 4 aromatic rings. The lowest BCUT2D eigenvalue weighted by Crippen LogP contribution is -2.48. The molecule has 208 valence electrons. The molecule has 0 amide bonds. The molecule has 40 heavy (non-hydrogen) atoms. The highest BCUT2D eigenvalue weighted by Crippen LogP contribution is 2.28. The van der Waals surface area contributed by atoms with Crippen molar-refractivity contribution in [3.05, 3.63) is 98.9 Å². The van der Waals surface area contributed by atoms with Gasteiger partial charge in [0.15, 0.2) is 0 Å². The molecule has 0 unspecified atom stereocenters. The van der Waals surface area contributed by atoms with Gasteiger partial charge in [-0.3, -0.25) is 19.3 Å². The van der Waals surface area contributed by atoms with E-state index in [1.54, 1.807) is 19.3 Å². The number of likely N-dealkylation sites (tertiary alicyclic amines) is 1. The molecule has 3 heterocycles. The molecule has 0 spiro atoms. The molecular formula is C29H32FN7O2S. The molecule has 0 bridgehead atoms. The number of piperidine rings is 1. The zero-order valence-electron chi connectivity index (χ0n) is 22.3. The van der Waals surface area contributed by atoms with E-state index in [-0.39, 0.29) is 18.0 Å². The SMILES string of the molecule is CN=C(c1ccc(CN)cc1)c1ncn(CC2(O)CCN(Cc3ccc(-c4nccs4)cc3F)CC2)c(=O)c1N. The monoisotopic (exact) mass is 561 g/mol. The number of hydrogen-bond acceptors (Lipinski definition) is 9. The van der Waals surface area contributed by atoms with Gasteiger partial charge in [0.2, 0.25) is 0 Å². The number of aliphatic imine (C=N–C) groups is 1. The van der Waals surface area contributed by atoms with Crippen molar-refractivity contribution >= 4 is 22.7 Å². The van der Waals surface area contributed by atoms with Crippen LogP contribution in [0.5, 0.6) is 0 Å². The molecule has 0 radical (unpaired) electrons. The van der Waals surface area contributed by atoms with Crippen LogP contribution >= 0.6 is 11.3 Å². The molecule has 1 saturated heterocycles. The van der Waals surface area contributed by atoms with Gasteiger partial charge in [-0.15, -0.1) is 11.3 Å². The van der Waals surface area contributed by atoms with Gasteiger partial charge >= 0.3 is 0 Å². The number of rotatable bonds is 8. The summed E-state index contributed by atoms with van der Waals surface area (Å²) in [6.45, 7) is 2.05. The topological polar surface area (TPSA) is 136 Å². The summed E-state index contributed by atoms with van der Waals surface area (Å²) in [7, 11) is 1.62. The first-order chi connectivity index (χ1) is 19.3. The summed E-state index contributed by atoms with van der Waals surface area (Å²) in [5.74, 6) is -0.271. The predicted molar refractivity (Wildman–Crippen MR) is 156 cm³/mol. The number of thiazole rings is 1. The lowest BCUT2D eigenvalue weighted by Gasteiger charge is -2.38. The van der Waals surface area contributed by atoms with Crippen LogP contribution < -0.4 is 17.0 Å². The Balaban J connectivity index is 1.24. The van der Waals surface area contributed by atoms with E-state index in [0.29, 0.717) is 56.0 Å². The number of anilines is 1. The number of benzene rings is 2. The van der Waals surface area contributed by atoms with Crippen LogP contribution in [0, 0.1) is 5.82 Å². The molecule has 1 fully saturated rings. The van der Waals surface area contributed by atoms with Crippen LogP contribution in [0.15, 0.2) is 70.2 Å². The smallest absolute Gasteiger partial charge is 0.277 e. The maximum atomic E-state index is 14.8. The van der Waals surface area contributed by atoms with Crippen molar-refractivity contribution in [2.24, 2.45) is 10.7 Å². The standard InChI is InChI=1S/C29H32FN7O2S/c1-33-25(20-4-2-19(15-31)3-5-20)26-24(32)28(38)37(18-35-26)17-29(39)8-11-36(12-9-29)16-22-7-6-21(14-23(22)30)27-34-10-13-40-27/h2-7,10,13-14,18,39H,8-9,11-12,15-17,31-32H2,1H3. The second kappa shape index (κ2) is 11.8. The highest BCUT2D eigenvalue weighted by Gasteiger charge is 2.33. The van der Waals surface area contributed by atoms with Gasteiger partial charge in [-0.2, -0.15) is 0 Å². The van der Waals surface area contributed by atoms with Crippen LogP contribution in [0.25, 0.3) is 10.6 Å². The van der Waals surface area contributed by atoms with Crippen molar-refractivity contribution in [3.63, 3.8) is 0 Å². The van der Waals surface area contributed by atoms with E-state index in [9.17, 15) is 14.3 Å². The van der Waals surface area contributed by atoms with Crippen LogP contribution in [0.3, 0.4) is 0 Å². The van der Waals surface area contributed by atoms with E-state index in [4.69, 9.17) is 11.5 Å². The molecule has 0 atom stereocenters. The van der Waals surface area contributed by atoms with Gasteiger partial charge in [-0.05, 0) is 24.5 Å². The zero-order chi connectivity index (χ0) is 28.3. The molecule has 1 aliphatic rings. The van der Waals surface area contributed by atoms with Gasteiger partial charge in [0.25, 0.3) is 5.56 Å². The van der Waals surface area contributed by atoms with E-state index in [2.05, 4.69) is 19.9 Å². The normalized spacial score (nSPS) is 15.8. The van der Waals surface area contributed by atoms with E-state index in [0.717, 1.165) is 21.7 Å². The third kappa shape index (κ3) is 5.87. The summed E-state index contributed by atoms with van der Waals surface area (Å²) in [6.07, 6.45) is 3.97. The lowest BCUT2D eigenvalue weighted by molar-refractivity contribution is -0.0366. The number of nitrogens with zero attached hydrogens (tertiary/aromatic N) is 5. The number of aromatic nitrogens is 3. The summed E-state index contributed by atoms with van der Waals surface area (Å²) < 4.78 is 16.2. The molecule has 2 aromatic heterocycles. The molecule has 11 heteroatoms. The average Bonchev–Trinajstić information content (AvgIpc) is 3.51. The fourth-order valence-electron chi connectivity index (χ4n) is 5.00. The number of aliphatic hydroxyl groups is 1. The van der Waals surface area contributed by atoms with Crippen molar-refractivity contribution in [1.29, 1.82) is 0 Å². The second-order valence-electron chi connectivity index (χ2n) is 10.1. The molecule has 5 N–H and O–H groups in total. The van der Waals surface area contributed by atoms with Crippen molar-refractivity contribution in [1.82, 2.24) is 19.4 Å². The number of halogens is 1. The first kappa shape index (κ1) is 27.8. The summed E-state index contributed by atoms with van der Waals surface area (Å²) in [5, 5.41) is 14.0.